The van der Waals surface area contributed by atoms with Crippen LogP contribution in [0.3, 0.4) is 0 Å². The first-order valence-corrected chi connectivity index (χ1v) is 8.82. The number of hydrogen-bond donors (Lipinski definition) is 2. The average Bonchev–Trinajstić information content (AvgIpc) is 2.61. The van der Waals surface area contributed by atoms with E-state index in [1.54, 1.807) is 6.20 Å². The molecule has 0 radical (unpaired) electrons. The molecule has 0 saturated heterocycles. The standard InChI is InChI=1S/C20H26N4O3/c1-20(2,3)27-13-17(21)16(19(25)26)12-22-10-5-7-15-9-8-14-6-4-11-23-18(14)24-15/h4,6,8-9,11-12H,5,7,10,13,21H2,1-3H3,(H,25,26). The van der Waals surface area contributed by atoms with E-state index in [0.29, 0.717) is 6.54 Å². The molecule has 7 heteroatoms. The highest BCUT2D eigenvalue weighted by Gasteiger charge is 2.14. The van der Waals surface area contributed by atoms with E-state index in [9.17, 15) is 9.90 Å². The van der Waals surface area contributed by atoms with Crippen molar-refractivity contribution in [3.63, 3.8) is 0 Å². The van der Waals surface area contributed by atoms with Crippen molar-refractivity contribution in [2.75, 3.05) is 13.2 Å². The van der Waals surface area contributed by atoms with Crippen LogP contribution in [0.25, 0.3) is 11.0 Å². The molecule has 0 unspecified atom stereocenters. The number of aryl methyl sites for hydroxylation is 1. The van der Waals surface area contributed by atoms with E-state index < -0.39 is 11.6 Å². The zero-order valence-corrected chi connectivity index (χ0v) is 16.0. The maximum Gasteiger partial charge on any atom is 0.339 e. The van der Waals surface area contributed by atoms with Gasteiger partial charge in [-0.1, -0.05) is 0 Å². The van der Waals surface area contributed by atoms with Gasteiger partial charge in [0, 0.05) is 30.0 Å². The lowest BCUT2D eigenvalue weighted by Gasteiger charge is -2.19. The Morgan fingerprint density at radius 1 is 1.33 bits per heavy atom. The zero-order chi connectivity index (χ0) is 19.9. The van der Waals surface area contributed by atoms with Crippen LogP contribution in [0.2, 0.25) is 0 Å². The normalized spacial score (nSPS) is 13.1. The van der Waals surface area contributed by atoms with Crippen LogP contribution in [0.4, 0.5) is 0 Å². The van der Waals surface area contributed by atoms with Crippen LogP contribution in [0.15, 0.2) is 46.7 Å². The number of nitrogens with two attached hydrogens (primary N) is 1. The number of fused-ring (bicyclic) bond motifs is 1. The van der Waals surface area contributed by atoms with E-state index in [-0.39, 0.29) is 17.9 Å². The van der Waals surface area contributed by atoms with E-state index in [4.69, 9.17) is 10.5 Å². The molecule has 0 spiro atoms. The average molecular weight is 370 g/mol. The predicted octanol–water partition coefficient (Wildman–Crippen LogP) is 2.75. The highest BCUT2D eigenvalue weighted by molar-refractivity contribution is 6.09. The second kappa shape index (κ2) is 9.23. The van der Waals surface area contributed by atoms with E-state index in [1.807, 2.05) is 45.0 Å². The summed E-state index contributed by atoms with van der Waals surface area (Å²) in [5, 5.41) is 10.3. The number of carboxylic acids is 1. The topological polar surface area (TPSA) is 111 Å². The lowest BCUT2D eigenvalue weighted by molar-refractivity contribution is -0.132. The largest absolute Gasteiger partial charge is 0.478 e. The van der Waals surface area contributed by atoms with Crippen LogP contribution >= 0.6 is 0 Å². The molecule has 27 heavy (non-hydrogen) atoms. The quantitative estimate of drug-likeness (QED) is 0.420. The smallest absolute Gasteiger partial charge is 0.339 e. The molecule has 0 aromatic carbocycles. The molecule has 0 fully saturated rings. The molecule has 2 heterocycles. The van der Waals surface area contributed by atoms with Crippen molar-refractivity contribution in [2.24, 2.45) is 10.7 Å². The van der Waals surface area contributed by atoms with Crippen LogP contribution in [0, 0.1) is 0 Å². The number of carbonyl (C=O) groups is 1. The predicted molar refractivity (Wildman–Crippen MR) is 106 cm³/mol. The van der Waals surface area contributed by atoms with Gasteiger partial charge in [-0.15, -0.1) is 0 Å². The third kappa shape index (κ3) is 6.79. The van der Waals surface area contributed by atoms with Crippen molar-refractivity contribution in [1.82, 2.24) is 9.97 Å². The number of ether oxygens (including phenoxy) is 1. The Morgan fingerprint density at radius 3 is 2.81 bits per heavy atom. The minimum absolute atomic E-state index is 0.0349. The van der Waals surface area contributed by atoms with Gasteiger partial charge in [0.2, 0.25) is 0 Å². The number of carboxylic acid groups (broad SMARTS) is 1. The van der Waals surface area contributed by atoms with Crippen LogP contribution < -0.4 is 5.73 Å². The van der Waals surface area contributed by atoms with Gasteiger partial charge in [0.05, 0.1) is 23.5 Å². The molecule has 0 saturated carbocycles. The SMILES string of the molecule is CC(C)(C)OCC(N)=C(C=NCCCc1ccc2cccnc2n1)C(=O)O. The molecule has 0 aliphatic carbocycles. The lowest BCUT2D eigenvalue weighted by Crippen LogP contribution is -2.24. The molecule has 2 aromatic rings. The number of aliphatic imine (C=N–C) groups is 1. The fourth-order valence-corrected chi connectivity index (χ4v) is 2.29. The molecule has 2 rings (SSSR count). The van der Waals surface area contributed by atoms with Crippen molar-refractivity contribution in [2.45, 2.75) is 39.2 Å². The van der Waals surface area contributed by atoms with Gasteiger partial charge in [-0.25, -0.2) is 14.8 Å². The van der Waals surface area contributed by atoms with Gasteiger partial charge in [0.15, 0.2) is 5.65 Å². The van der Waals surface area contributed by atoms with Gasteiger partial charge in [-0.05, 0) is 57.9 Å². The van der Waals surface area contributed by atoms with Crippen molar-refractivity contribution >= 4 is 23.2 Å². The van der Waals surface area contributed by atoms with Gasteiger partial charge in [-0.3, -0.25) is 4.99 Å². The van der Waals surface area contributed by atoms with Crippen LogP contribution in [-0.4, -0.2) is 46.0 Å². The summed E-state index contributed by atoms with van der Waals surface area (Å²) in [5.41, 5.74) is 7.23. The molecule has 3 N–H and O–H groups in total. The summed E-state index contributed by atoms with van der Waals surface area (Å²) in [4.78, 5) is 24.3. The Hall–Kier alpha value is -2.80. The number of rotatable bonds is 8. The number of pyridine rings is 2. The Labute approximate surface area is 159 Å². The lowest BCUT2D eigenvalue weighted by atomic mass is 10.2. The second-order valence-electron chi connectivity index (χ2n) is 7.14. The molecule has 0 aliphatic heterocycles. The van der Waals surface area contributed by atoms with Gasteiger partial charge >= 0.3 is 5.97 Å². The fourth-order valence-electron chi connectivity index (χ4n) is 2.29. The van der Waals surface area contributed by atoms with Gasteiger partial charge in [0.1, 0.15) is 0 Å². The molecule has 0 aliphatic rings. The van der Waals surface area contributed by atoms with E-state index in [0.717, 1.165) is 29.6 Å². The number of aromatic nitrogens is 2. The highest BCUT2D eigenvalue weighted by atomic mass is 16.5. The minimum Gasteiger partial charge on any atom is -0.478 e. The van der Waals surface area contributed by atoms with E-state index in [2.05, 4.69) is 15.0 Å². The number of hydrogen-bond acceptors (Lipinski definition) is 6. The molecular formula is C20H26N4O3. The molecular weight excluding hydrogens is 344 g/mol. The van der Waals surface area contributed by atoms with Crippen LogP contribution in [0.1, 0.15) is 32.9 Å². The van der Waals surface area contributed by atoms with Gasteiger partial charge in [-0.2, -0.15) is 0 Å². The first-order chi connectivity index (χ1) is 12.8. The Bertz CT molecular complexity index is 854. The zero-order valence-electron chi connectivity index (χ0n) is 16.0. The summed E-state index contributed by atoms with van der Waals surface area (Å²) in [6.07, 6.45) is 4.50. The molecule has 144 valence electrons. The maximum atomic E-state index is 11.4. The first kappa shape index (κ1) is 20.5. The molecule has 0 atom stereocenters. The van der Waals surface area contributed by atoms with Crippen LogP contribution in [-0.2, 0) is 16.0 Å². The minimum atomic E-state index is -1.11. The Balaban J connectivity index is 1.90. The fraction of sp³-hybridized carbons (Fsp3) is 0.400. The summed E-state index contributed by atoms with van der Waals surface area (Å²) in [6.45, 7) is 6.17. The molecule has 2 aromatic heterocycles. The third-order valence-corrected chi connectivity index (χ3v) is 3.70. The van der Waals surface area contributed by atoms with Crippen molar-refractivity contribution in [1.29, 1.82) is 0 Å². The van der Waals surface area contributed by atoms with Crippen molar-refractivity contribution < 1.29 is 14.6 Å². The Morgan fingerprint density at radius 2 is 2.11 bits per heavy atom. The monoisotopic (exact) mass is 370 g/mol. The first-order valence-electron chi connectivity index (χ1n) is 8.82. The van der Waals surface area contributed by atoms with E-state index in [1.165, 1.54) is 6.21 Å². The number of aliphatic carboxylic acids is 1. The van der Waals surface area contributed by atoms with Gasteiger partial charge in [0.25, 0.3) is 0 Å². The molecule has 0 bridgehead atoms. The molecule has 0 amide bonds. The summed E-state index contributed by atoms with van der Waals surface area (Å²) < 4.78 is 5.52. The maximum absolute atomic E-state index is 11.4. The summed E-state index contributed by atoms with van der Waals surface area (Å²) in [7, 11) is 0. The second-order valence-corrected chi connectivity index (χ2v) is 7.14. The van der Waals surface area contributed by atoms with Crippen molar-refractivity contribution in [3.8, 4) is 0 Å². The highest BCUT2D eigenvalue weighted by Crippen LogP contribution is 2.11. The number of nitrogens with zero attached hydrogens (tertiary/aromatic N) is 3. The third-order valence-electron chi connectivity index (χ3n) is 3.70. The Kier molecular flexibility index (Phi) is 7.01. The summed E-state index contributed by atoms with van der Waals surface area (Å²) in [5.74, 6) is -1.11. The van der Waals surface area contributed by atoms with Crippen molar-refractivity contribution in [3.05, 3.63) is 47.4 Å². The molecule has 7 nitrogen and oxygen atoms in total. The van der Waals surface area contributed by atoms with Crippen LogP contribution in [0.5, 0.6) is 0 Å². The summed E-state index contributed by atoms with van der Waals surface area (Å²) >= 11 is 0. The summed E-state index contributed by atoms with van der Waals surface area (Å²) in [6, 6.07) is 7.81. The van der Waals surface area contributed by atoms with Gasteiger partial charge < -0.3 is 15.6 Å². The van der Waals surface area contributed by atoms with E-state index >= 15 is 0 Å².